The normalized spacial score (nSPS) is 11.7. The fraction of sp³-hybridized carbons (Fsp3) is 0.120. The second kappa shape index (κ2) is 8.14. The third-order valence-electron chi connectivity index (χ3n) is 5.11. The molecule has 3 aromatic rings. The number of nitrogens with one attached hydrogen (secondary N) is 1. The van der Waals surface area contributed by atoms with Crippen LogP contribution in [0.4, 0.5) is 10.5 Å². The second-order valence-corrected chi connectivity index (χ2v) is 6.89. The summed E-state index contributed by atoms with van der Waals surface area (Å²) < 4.78 is 10.3. The molecule has 0 saturated heterocycles. The summed E-state index contributed by atoms with van der Waals surface area (Å²) in [5, 5.41) is 2.64. The van der Waals surface area contributed by atoms with Crippen LogP contribution in [0.1, 0.15) is 33.0 Å². The van der Waals surface area contributed by atoms with E-state index in [-0.39, 0.29) is 18.1 Å². The van der Waals surface area contributed by atoms with Gasteiger partial charge in [0.05, 0.1) is 12.7 Å². The molecule has 5 heteroatoms. The van der Waals surface area contributed by atoms with Gasteiger partial charge in [0.2, 0.25) is 0 Å². The van der Waals surface area contributed by atoms with E-state index in [9.17, 15) is 9.59 Å². The summed E-state index contributed by atoms with van der Waals surface area (Å²) in [5.74, 6) is 1.88. The van der Waals surface area contributed by atoms with Crippen LogP contribution in [0.15, 0.2) is 66.7 Å². The molecule has 1 amide bonds. The first kappa shape index (κ1) is 19.3. The molecular formula is C25H19NO4. The van der Waals surface area contributed by atoms with Crippen molar-refractivity contribution >= 4 is 17.7 Å². The minimum atomic E-state index is -0.623. The highest BCUT2D eigenvalue weighted by atomic mass is 16.5. The summed E-state index contributed by atoms with van der Waals surface area (Å²) in [6, 6.07) is 20.8. The zero-order chi connectivity index (χ0) is 21.1. The number of methoxy groups -OCH3 is 1. The van der Waals surface area contributed by atoms with Gasteiger partial charge in [-0.05, 0) is 40.5 Å². The summed E-state index contributed by atoms with van der Waals surface area (Å²) in [6.45, 7) is 0.193. The predicted octanol–water partition coefficient (Wildman–Crippen LogP) is 4.82. The van der Waals surface area contributed by atoms with Crippen LogP contribution >= 0.6 is 0 Å². The van der Waals surface area contributed by atoms with E-state index in [1.165, 1.54) is 19.2 Å². The largest absolute Gasteiger partial charge is 0.465 e. The highest BCUT2D eigenvalue weighted by Gasteiger charge is 2.29. The van der Waals surface area contributed by atoms with Crippen molar-refractivity contribution in [1.29, 1.82) is 0 Å². The number of hydrogen-bond acceptors (Lipinski definition) is 4. The average Bonchev–Trinajstić information content (AvgIpc) is 3.10. The molecule has 0 aliphatic heterocycles. The van der Waals surface area contributed by atoms with Crippen molar-refractivity contribution in [2.45, 2.75) is 5.92 Å². The smallest absolute Gasteiger partial charge is 0.411 e. The van der Waals surface area contributed by atoms with Crippen molar-refractivity contribution < 1.29 is 19.1 Å². The maximum Gasteiger partial charge on any atom is 0.411 e. The quantitative estimate of drug-likeness (QED) is 0.507. The fourth-order valence-electron chi connectivity index (χ4n) is 3.77. The monoisotopic (exact) mass is 397 g/mol. The van der Waals surface area contributed by atoms with E-state index in [2.05, 4.69) is 35.5 Å². The summed E-state index contributed by atoms with van der Waals surface area (Å²) in [7, 11) is 1.28. The van der Waals surface area contributed by atoms with Gasteiger partial charge < -0.3 is 9.47 Å². The molecule has 0 unspecified atom stereocenters. The Labute approximate surface area is 174 Å². The maximum atomic E-state index is 12.4. The Kier molecular flexibility index (Phi) is 5.23. The van der Waals surface area contributed by atoms with Gasteiger partial charge in [-0.15, -0.1) is 6.42 Å². The first-order valence-corrected chi connectivity index (χ1v) is 9.42. The molecule has 1 N–H and O–H groups in total. The van der Waals surface area contributed by atoms with Crippen molar-refractivity contribution in [2.24, 2.45) is 0 Å². The summed E-state index contributed by atoms with van der Waals surface area (Å²) >= 11 is 0. The van der Waals surface area contributed by atoms with Crippen LogP contribution in [0.3, 0.4) is 0 Å². The van der Waals surface area contributed by atoms with Gasteiger partial charge in [-0.25, -0.2) is 9.59 Å². The van der Waals surface area contributed by atoms with Crippen molar-refractivity contribution in [1.82, 2.24) is 0 Å². The molecule has 148 valence electrons. The van der Waals surface area contributed by atoms with Gasteiger partial charge in [0.1, 0.15) is 6.61 Å². The Bertz CT molecular complexity index is 1130. The molecule has 4 rings (SSSR count). The van der Waals surface area contributed by atoms with Crippen LogP contribution in [0.5, 0.6) is 0 Å². The van der Waals surface area contributed by atoms with E-state index in [0.717, 1.165) is 22.3 Å². The Hall–Kier alpha value is -4.04. The van der Waals surface area contributed by atoms with Crippen molar-refractivity contribution in [3.8, 4) is 23.5 Å². The van der Waals surface area contributed by atoms with Gasteiger partial charge in [-0.1, -0.05) is 54.5 Å². The topological polar surface area (TPSA) is 64.6 Å². The Morgan fingerprint density at radius 2 is 1.63 bits per heavy atom. The number of hydrogen-bond donors (Lipinski definition) is 1. The van der Waals surface area contributed by atoms with Crippen molar-refractivity contribution in [2.75, 3.05) is 19.0 Å². The summed E-state index contributed by atoms with van der Waals surface area (Å²) in [6.07, 6.45) is 4.82. The first-order valence-electron chi connectivity index (χ1n) is 9.42. The van der Waals surface area contributed by atoms with Crippen LogP contribution in [0, 0.1) is 12.3 Å². The maximum absolute atomic E-state index is 12.4. The van der Waals surface area contributed by atoms with Gasteiger partial charge in [-0.2, -0.15) is 0 Å². The number of terminal acetylenes is 1. The molecule has 0 bridgehead atoms. The highest BCUT2D eigenvalue weighted by molar-refractivity contribution is 5.93. The molecule has 30 heavy (non-hydrogen) atoms. The highest BCUT2D eigenvalue weighted by Crippen LogP contribution is 2.44. The number of fused-ring (bicyclic) bond motifs is 3. The van der Waals surface area contributed by atoms with Gasteiger partial charge in [0, 0.05) is 17.2 Å². The zero-order valence-corrected chi connectivity index (χ0v) is 16.3. The lowest BCUT2D eigenvalue weighted by Crippen LogP contribution is -2.18. The van der Waals surface area contributed by atoms with E-state index in [4.69, 9.17) is 15.9 Å². The van der Waals surface area contributed by atoms with Gasteiger partial charge >= 0.3 is 12.1 Å². The molecule has 3 aromatic carbocycles. The van der Waals surface area contributed by atoms with E-state index >= 15 is 0 Å². The second-order valence-electron chi connectivity index (χ2n) is 6.89. The molecule has 0 spiro atoms. The van der Waals surface area contributed by atoms with E-state index in [0.29, 0.717) is 11.3 Å². The van der Waals surface area contributed by atoms with Crippen LogP contribution in [0.25, 0.3) is 11.1 Å². The minimum absolute atomic E-state index is 0.0363. The molecule has 0 atom stereocenters. The lowest BCUT2D eigenvalue weighted by Gasteiger charge is -2.15. The number of carbonyl (C=O) groups is 2. The number of carbonyl (C=O) groups excluding carboxylic acids is 2. The number of ether oxygens (including phenoxy) is 2. The Morgan fingerprint density at radius 3 is 2.23 bits per heavy atom. The van der Waals surface area contributed by atoms with E-state index < -0.39 is 12.1 Å². The molecule has 0 fully saturated rings. The Morgan fingerprint density at radius 1 is 1.00 bits per heavy atom. The van der Waals surface area contributed by atoms with Gasteiger partial charge in [0.15, 0.2) is 0 Å². The third kappa shape index (κ3) is 3.63. The lowest BCUT2D eigenvalue weighted by atomic mass is 9.98. The molecule has 1 aliphatic carbocycles. The zero-order valence-electron chi connectivity index (χ0n) is 16.3. The summed E-state index contributed by atoms with van der Waals surface area (Å²) in [4.78, 5) is 24.3. The van der Waals surface area contributed by atoms with Gasteiger partial charge in [-0.3, -0.25) is 5.32 Å². The molecule has 0 heterocycles. The SMILES string of the molecule is C#Cc1cc(NC(=O)OCC2c3ccccc3-c3ccccc32)cc(C(=O)OC)c1. The van der Waals surface area contributed by atoms with Crippen LogP contribution in [-0.4, -0.2) is 25.8 Å². The molecule has 0 aromatic heterocycles. The van der Waals surface area contributed by atoms with Crippen LogP contribution < -0.4 is 5.32 Å². The van der Waals surface area contributed by atoms with Crippen LogP contribution in [-0.2, 0) is 9.47 Å². The Balaban J connectivity index is 1.50. The fourth-order valence-corrected chi connectivity index (χ4v) is 3.77. The standard InChI is InChI=1S/C25H19NO4/c1-3-16-12-17(24(27)29-2)14-18(13-16)26-25(28)30-15-23-21-10-6-4-8-19(21)20-9-5-7-11-22(20)23/h1,4-14,23H,15H2,2H3,(H,26,28). The molecule has 0 radical (unpaired) electrons. The van der Waals surface area contributed by atoms with Crippen molar-refractivity contribution in [3.63, 3.8) is 0 Å². The van der Waals surface area contributed by atoms with Crippen LogP contribution in [0.2, 0.25) is 0 Å². The number of amides is 1. The number of benzene rings is 3. The number of esters is 1. The van der Waals surface area contributed by atoms with E-state index in [1.807, 2.05) is 24.3 Å². The molecule has 1 aliphatic rings. The predicted molar refractivity (Wildman–Crippen MR) is 114 cm³/mol. The molecule has 0 saturated carbocycles. The average molecular weight is 397 g/mol. The minimum Gasteiger partial charge on any atom is -0.465 e. The van der Waals surface area contributed by atoms with Gasteiger partial charge in [0.25, 0.3) is 0 Å². The molecule has 5 nitrogen and oxygen atoms in total. The first-order chi connectivity index (χ1) is 14.6. The molecular weight excluding hydrogens is 378 g/mol. The number of anilines is 1. The number of rotatable bonds is 4. The lowest BCUT2D eigenvalue weighted by molar-refractivity contribution is 0.0600. The summed E-state index contributed by atoms with van der Waals surface area (Å²) in [5.41, 5.74) is 5.65. The van der Waals surface area contributed by atoms with Crippen molar-refractivity contribution in [3.05, 3.63) is 89.0 Å². The van der Waals surface area contributed by atoms with E-state index in [1.54, 1.807) is 6.07 Å². The third-order valence-corrected chi connectivity index (χ3v) is 5.11.